The fourth-order valence-corrected chi connectivity index (χ4v) is 9.81. The predicted octanol–water partition coefficient (Wildman–Crippen LogP) is 3.38. The predicted molar refractivity (Wildman–Crippen MR) is 193 cm³/mol. The summed E-state index contributed by atoms with van der Waals surface area (Å²) in [5.74, 6) is -1.77. The summed E-state index contributed by atoms with van der Waals surface area (Å²) < 4.78 is 64.8. The number of likely N-dealkylation sites (tertiary alicyclic amines) is 1. The molecule has 2 saturated heterocycles. The van der Waals surface area contributed by atoms with E-state index in [9.17, 15) is 26.4 Å². The van der Waals surface area contributed by atoms with Gasteiger partial charge in [-0.25, -0.2) is 27.8 Å². The van der Waals surface area contributed by atoms with Crippen LogP contribution in [0.1, 0.15) is 65.5 Å². The number of hydrogen-bond donors (Lipinski definition) is 4. The third-order valence-electron chi connectivity index (χ3n) is 9.10. The topological polar surface area (TPSA) is 198 Å². The molecule has 0 unspecified atom stereocenters. The van der Waals surface area contributed by atoms with Gasteiger partial charge in [-0.15, -0.1) is 0 Å². The lowest BCUT2D eigenvalue weighted by molar-refractivity contribution is -0.134. The molecule has 0 aliphatic carbocycles. The Bertz CT molecular complexity index is 1570. The average molecular weight is 760 g/mol. The summed E-state index contributed by atoms with van der Waals surface area (Å²) in [7, 11) is -6.01. The number of rotatable bonds is 14. The Labute approximate surface area is 303 Å². The quantitative estimate of drug-likeness (QED) is 0.125. The van der Waals surface area contributed by atoms with Gasteiger partial charge in [0.1, 0.15) is 0 Å². The summed E-state index contributed by atoms with van der Waals surface area (Å²) in [6.07, 6.45) is 1.68. The molecule has 2 aromatic rings. The van der Waals surface area contributed by atoms with E-state index in [4.69, 9.17) is 24.6 Å². The van der Waals surface area contributed by atoms with Crippen molar-refractivity contribution in [2.24, 2.45) is 0 Å². The van der Waals surface area contributed by atoms with Gasteiger partial charge in [-0.3, -0.25) is 20.0 Å². The molecule has 0 saturated carbocycles. The SMILES string of the molecule is C.C.CCOCCc1ccc(S(=O)(=O)C2(C(=O)NO)CCN(C)CC2)cc1.CCOCCc1ccc(S(=O)(=O)C2(C(=O)NO)CCOCC2)cc1. The Hall–Kier alpha value is -2.96. The van der Waals surface area contributed by atoms with E-state index in [2.05, 4.69) is 0 Å². The normalized spacial score (nSPS) is 17.0. The number of sulfone groups is 2. The Kier molecular flexibility index (Phi) is 18.9. The summed E-state index contributed by atoms with van der Waals surface area (Å²) in [6.45, 7) is 7.49. The highest BCUT2D eigenvalue weighted by atomic mass is 32.2. The summed E-state index contributed by atoms with van der Waals surface area (Å²) in [5, 5.41) is 18.1. The first-order chi connectivity index (χ1) is 23.3. The van der Waals surface area contributed by atoms with Crippen molar-refractivity contribution in [1.82, 2.24) is 15.9 Å². The van der Waals surface area contributed by atoms with Crippen LogP contribution in [-0.4, -0.2) is 113 Å². The van der Waals surface area contributed by atoms with E-state index in [0.29, 0.717) is 52.4 Å². The first-order valence-electron chi connectivity index (χ1n) is 16.3. The minimum absolute atomic E-state index is 0. The Morgan fingerprint density at radius 3 is 1.39 bits per heavy atom. The second kappa shape index (κ2) is 20.9. The first-order valence-corrected chi connectivity index (χ1v) is 19.3. The molecular formula is C35H57N3O11S2. The van der Waals surface area contributed by atoms with Gasteiger partial charge in [0.15, 0.2) is 29.2 Å². The number of nitrogens with zero attached hydrogens (tertiary/aromatic N) is 1. The van der Waals surface area contributed by atoms with E-state index in [1.807, 2.05) is 25.8 Å². The van der Waals surface area contributed by atoms with Gasteiger partial charge in [0.25, 0.3) is 11.8 Å². The second-order valence-corrected chi connectivity index (χ2v) is 16.5. The van der Waals surface area contributed by atoms with Crippen molar-refractivity contribution in [3.05, 3.63) is 59.7 Å². The molecule has 2 aliphatic heterocycles. The standard InChI is InChI=1S/C17H26N2O5S.C16H23NO6S.2CH4/c1-3-24-13-8-14-4-6-15(7-5-14)25(22,23)17(16(20)18-21)9-11-19(2)12-10-17;1-2-22-10-7-13-3-5-14(6-4-13)24(20,21)16(15(18)17-19)8-11-23-12-9-16;;/h4-7,21H,3,8-13H2,1-2H3,(H,18,20);3-6,19H,2,7-12H2,1H3,(H,17,18);2*1H4. The Balaban J connectivity index is 0.000000491. The number of hydroxylamine groups is 2. The van der Waals surface area contributed by atoms with Crippen LogP contribution in [0.4, 0.5) is 0 Å². The number of carbonyl (C=O) groups excluding carboxylic acids is 2. The Morgan fingerprint density at radius 1 is 0.706 bits per heavy atom. The highest BCUT2D eigenvalue weighted by Gasteiger charge is 2.53. The van der Waals surface area contributed by atoms with Crippen molar-refractivity contribution >= 4 is 31.5 Å². The third-order valence-corrected chi connectivity index (χ3v) is 14.1. The summed E-state index contributed by atoms with van der Waals surface area (Å²) >= 11 is 0. The highest BCUT2D eigenvalue weighted by molar-refractivity contribution is 7.94. The van der Waals surface area contributed by atoms with Gasteiger partial charge < -0.3 is 19.1 Å². The van der Waals surface area contributed by atoms with Crippen molar-refractivity contribution in [2.75, 3.05) is 59.8 Å². The molecule has 4 rings (SSSR count). The molecule has 2 heterocycles. The molecule has 0 atom stereocenters. The van der Waals surface area contributed by atoms with Gasteiger partial charge in [-0.1, -0.05) is 39.1 Å². The van der Waals surface area contributed by atoms with E-state index in [-0.39, 0.29) is 63.5 Å². The highest BCUT2D eigenvalue weighted by Crippen LogP contribution is 2.37. The number of nitrogens with one attached hydrogen (secondary N) is 2. The van der Waals surface area contributed by atoms with E-state index in [1.54, 1.807) is 29.7 Å². The molecule has 2 aliphatic rings. The Morgan fingerprint density at radius 2 is 1.06 bits per heavy atom. The lowest BCUT2D eigenvalue weighted by Gasteiger charge is -2.38. The van der Waals surface area contributed by atoms with Crippen LogP contribution in [0.5, 0.6) is 0 Å². The van der Waals surface area contributed by atoms with Crippen molar-refractivity contribution in [2.45, 2.75) is 86.5 Å². The number of carbonyl (C=O) groups is 2. The van der Waals surface area contributed by atoms with Crippen LogP contribution in [0.25, 0.3) is 0 Å². The molecule has 2 amide bonds. The molecule has 0 aromatic heterocycles. The van der Waals surface area contributed by atoms with Crippen LogP contribution in [0.15, 0.2) is 58.3 Å². The van der Waals surface area contributed by atoms with E-state index < -0.39 is 41.0 Å². The molecular weight excluding hydrogens is 703 g/mol. The second-order valence-electron chi connectivity index (χ2n) is 12.0. The maximum atomic E-state index is 13.2. The first kappa shape index (κ1) is 46.1. The molecule has 0 spiro atoms. The van der Waals surface area contributed by atoms with Gasteiger partial charge in [-0.2, -0.15) is 0 Å². The van der Waals surface area contributed by atoms with Gasteiger partial charge in [-0.05, 0) is 108 Å². The van der Waals surface area contributed by atoms with Gasteiger partial charge >= 0.3 is 0 Å². The lowest BCUT2D eigenvalue weighted by Crippen LogP contribution is -2.57. The van der Waals surface area contributed by atoms with Crippen molar-refractivity contribution in [3.8, 4) is 0 Å². The number of ether oxygens (including phenoxy) is 3. The zero-order valence-corrected chi connectivity index (χ0v) is 30.0. The van der Waals surface area contributed by atoms with Crippen LogP contribution in [0.2, 0.25) is 0 Å². The third kappa shape index (κ3) is 10.6. The summed E-state index contributed by atoms with van der Waals surface area (Å²) in [4.78, 5) is 26.5. The van der Waals surface area contributed by atoms with E-state index >= 15 is 0 Å². The van der Waals surface area contributed by atoms with Crippen LogP contribution in [-0.2, 0) is 56.3 Å². The molecule has 16 heteroatoms. The largest absolute Gasteiger partial charge is 0.381 e. The minimum Gasteiger partial charge on any atom is -0.381 e. The summed E-state index contributed by atoms with van der Waals surface area (Å²) in [6, 6.07) is 13.0. The van der Waals surface area contributed by atoms with Crippen LogP contribution >= 0.6 is 0 Å². The zero-order valence-electron chi connectivity index (χ0n) is 28.4. The average Bonchev–Trinajstić information content (AvgIpc) is 3.12. The zero-order chi connectivity index (χ0) is 36.1. The fraction of sp³-hybridized carbons (Fsp3) is 0.600. The van der Waals surface area contributed by atoms with Crippen LogP contribution in [0.3, 0.4) is 0 Å². The van der Waals surface area contributed by atoms with Gasteiger partial charge in [0.05, 0.1) is 23.0 Å². The molecule has 0 radical (unpaired) electrons. The van der Waals surface area contributed by atoms with E-state index in [1.165, 1.54) is 29.7 Å². The van der Waals surface area contributed by atoms with Crippen molar-refractivity contribution in [3.63, 3.8) is 0 Å². The van der Waals surface area contributed by atoms with Gasteiger partial charge in [0.2, 0.25) is 0 Å². The molecule has 290 valence electrons. The smallest absolute Gasteiger partial charge is 0.265 e. The molecule has 2 fully saturated rings. The van der Waals surface area contributed by atoms with Gasteiger partial charge in [0, 0.05) is 26.4 Å². The van der Waals surface area contributed by atoms with Crippen molar-refractivity contribution in [1.29, 1.82) is 0 Å². The molecule has 2 aromatic carbocycles. The minimum atomic E-state index is -3.96. The maximum absolute atomic E-state index is 13.2. The monoisotopic (exact) mass is 759 g/mol. The van der Waals surface area contributed by atoms with Crippen LogP contribution < -0.4 is 11.0 Å². The molecule has 0 bridgehead atoms. The molecule has 14 nitrogen and oxygen atoms in total. The van der Waals surface area contributed by atoms with Crippen LogP contribution in [0, 0.1) is 0 Å². The lowest BCUT2D eigenvalue weighted by atomic mass is 9.95. The fourth-order valence-electron chi connectivity index (χ4n) is 5.91. The molecule has 51 heavy (non-hydrogen) atoms. The summed E-state index contributed by atoms with van der Waals surface area (Å²) in [5.41, 5.74) is 4.99. The number of hydrogen-bond acceptors (Lipinski definition) is 12. The van der Waals surface area contributed by atoms with E-state index in [0.717, 1.165) is 11.1 Å². The molecule has 4 N–H and O–H groups in total. The van der Waals surface area contributed by atoms with Crippen molar-refractivity contribution < 1.29 is 51.0 Å². The maximum Gasteiger partial charge on any atom is 0.265 e. The number of piperidine rings is 1. The number of benzene rings is 2. The number of amides is 2.